The number of carbonyl (C=O) groups is 3. The van der Waals surface area contributed by atoms with Crippen molar-refractivity contribution in [2.45, 2.75) is 0 Å². The summed E-state index contributed by atoms with van der Waals surface area (Å²) in [5, 5.41) is 11.7. The number of esters is 1. The number of ether oxygens (including phenoxy) is 3. The number of carboxylic acids is 1. The molecule has 0 saturated carbocycles. The van der Waals surface area contributed by atoms with Crippen molar-refractivity contribution < 1.29 is 33.7 Å². The van der Waals surface area contributed by atoms with E-state index in [1.165, 1.54) is 25.3 Å². The van der Waals surface area contributed by atoms with Crippen molar-refractivity contribution in [2.75, 3.05) is 33.9 Å². The topological polar surface area (TPSA) is 111 Å². The summed E-state index contributed by atoms with van der Waals surface area (Å²) in [5.74, 6) is -1.41. The van der Waals surface area contributed by atoms with Gasteiger partial charge in [0.2, 0.25) is 0 Å². The van der Waals surface area contributed by atoms with Crippen LogP contribution >= 0.6 is 0 Å². The normalized spacial score (nSPS) is 10.6. The molecular weight excluding hydrogens is 390 g/mol. The maximum atomic E-state index is 12.5. The fourth-order valence-corrected chi connectivity index (χ4v) is 2.46. The van der Waals surface area contributed by atoms with Gasteiger partial charge in [0.05, 0.1) is 7.11 Å². The minimum atomic E-state index is -1.17. The third kappa shape index (κ3) is 6.75. The summed E-state index contributed by atoms with van der Waals surface area (Å²) in [7, 11) is 3.03. The van der Waals surface area contributed by atoms with Crippen molar-refractivity contribution in [1.82, 2.24) is 5.32 Å². The Morgan fingerprint density at radius 2 is 1.90 bits per heavy atom. The molecule has 0 amide bonds. The molecule has 0 fully saturated rings. The highest BCUT2D eigenvalue weighted by Crippen LogP contribution is 2.22. The molecule has 2 aromatic carbocycles. The van der Waals surface area contributed by atoms with Crippen LogP contribution in [-0.4, -0.2) is 56.7 Å². The summed E-state index contributed by atoms with van der Waals surface area (Å²) in [4.78, 5) is 35.2. The number of ketones is 1. The Kier molecular flexibility index (Phi) is 8.58. The monoisotopic (exact) mass is 413 g/mol. The lowest BCUT2D eigenvalue weighted by Crippen LogP contribution is -2.16. The zero-order valence-corrected chi connectivity index (χ0v) is 16.7. The number of hydrogen-bond acceptors (Lipinski definition) is 7. The number of likely N-dealkylation sites (N-methyl/N-ethyl adjacent to an activating group) is 1. The molecule has 0 aliphatic heterocycles. The molecule has 0 spiro atoms. The van der Waals surface area contributed by atoms with E-state index in [1.807, 2.05) is 7.05 Å². The van der Waals surface area contributed by atoms with E-state index in [0.29, 0.717) is 30.0 Å². The first-order chi connectivity index (χ1) is 14.4. The predicted octanol–water partition coefficient (Wildman–Crippen LogP) is 2.43. The largest absolute Gasteiger partial charge is 0.492 e. The second-order valence-corrected chi connectivity index (χ2v) is 6.11. The van der Waals surface area contributed by atoms with E-state index in [1.54, 1.807) is 36.4 Å². The molecule has 8 heteroatoms. The van der Waals surface area contributed by atoms with Crippen molar-refractivity contribution in [1.29, 1.82) is 0 Å². The molecule has 0 saturated heterocycles. The maximum absolute atomic E-state index is 12.5. The molecule has 0 radical (unpaired) electrons. The molecule has 0 unspecified atom stereocenters. The van der Waals surface area contributed by atoms with Crippen LogP contribution < -0.4 is 14.8 Å². The number of carboxylic acid groups (broad SMARTS) is 1. The first-order valence-corrected chi connectivity index (χ1v) is 9.11. The number of hydrogen-bond donors (Lipinski definition) is 2. The second kappa shape index (κ2) is 11.4. The molecule has 0 aliphatic rings. The van der Waals surface area contributed by atoms with Crippen molar-refractivity contribution in [3.8, 4) is 11.5 Å². The Morgan fingerprint density at radius 3 is 2.60 bits per heavy atom. The van der Waals surface area contributed by atoms with E-state index in [0.717, 1.165) is 0 Å². The Hall–Kier alpha value is -3.65. The number of rotatable bonds is 11. The summed E-state index contributed by atoms with van der Waals surface area (Å²) >= 11 is 0. The van der Waals surface area contributed by atoms with Crippen LogP contribution in [0.5, 0.6) is 11.5 Å². The molecule has 0 atom stereocenters. The third-order valence-corrected chi connectivity index (χ3v) is 3.93. The Balaban J connectivity index is 2.16. The lowest BCUT2D eigenvalue weighted by atomic mass is 10.1. The Bertz CT molecular complexity index is 937. The van der Waals surface area contributed by atoms with Crippen molar-refractivity contribution in [2.24, 2.45) is 0 Å². The van der Waals surface area contributed by atoms with Gasteiger partial charge in [-0.3, -0.25) is 4.79 Å². The van der Waals surface area contributed by atoms with Crippen LogP contribution in [0.2, 0.25) is 0 Å². The van der Waals surface area contributed by atoms with E-state index in [9.17, 15) is 14.4 Å². The lowest BCUT2D eigenvalue weighted by molar-refractivity contribution is -0.139. The molecule has 2 aromatic rings. The van der Waals surface area contributed by atoms with Gasteiger partial charge in [-0.1, -0.05) is 24.3 Å². The van der Waals surface area contributed by atoms with Crippen molar-refractivity contribution in [3.63, 3.8) is 0 Å². The number of nitrogens with one attached hydrogen (secondary N) is 1. The summed E-state index contributed by atoms with van der Waals surface area (Å²) in [5.41, 5.74) is 1.07. The third-order valence-electron chi connectivity index (χ3n) is 3.93. The molecule has 0 bridgehead atoms. The Labute approximate surface area is 174 Å². The van der Waals surface area contributed by atoms with Gasteiger partial charge in [0.15, 0.2) is 12.4 Å². The summed E-state index contributed by atoms with van der Waals surface area (Å²) in [6, 6.07) is 11.4. The van der Waals surface area contributed by atoms with Gasteiger partial charge in [0.1, 0.15) is 23.7 Å². The molecule has 2 N–H and O–H groups in total. The number of aliphatic carboxylic acids is 1. The van der Waals surface area contributed by atoms with Gasteiger partial charge in [-0.25, -0.2) is 9.59 Å². The minimum absolute atomic E-state index is 0.0632. The lowest BCUT2D eigenvalue weighted by Gasteiger charge is -2.09. The van der Waals surface area contributed by atoms with Gasteiger partial charge in [0.25, 0.3) is 0 Å². The van der Waals surface area contributed by atoms with E-state index < -0.39 is 18.5 Å². The molecular formula is C22H23NO7. The standard InChI is InChI=1S/C22H23NO7/c1-23-10-11-29-17-5-3-4-16(13-17)19(24)8-6-15-7-9-20(30-14-21(25)26)18(12-15)22(27)28-2/h3-9,12-13,23H,10-11,14H2,1-2H3,(H,25,26)/b8-6+. The van der Waals surface area contributed by atoms with Gasteiger partial charge in [-0.2, -0.15) is 0 Å². The zero-order valence-electron chi connectivity index (χ0n) is 16.7. The average molecular weight is 413 g/mol. The Morgan fingerprint density at radius 1 is 1.10 bits per heavy atom. The van der Waals surface area contributed by atoms with Crippen LogP contribution in [-0.2, 0) is 9.53 Å². The predicted molar refractivity (Wildman–Crippen MR) is 110 cm³/mol. The first-order valence-electron chi connectivity index (χ1n) is 9.11. The van der Waals surface area contributed by atoms with Gasteiger partial charge < -0.3 is 24.6 Å². The fourth-order valence-electron chi connectivity index (χ4n) is 2.46. The van der Waals surface area contributed by atoms with Crippen LogP contribution in [0.3, 0.4) is 0 Å². The molecule has 2 rings (SSSR count). The van der Waals surface area contributed by atoms with E-state index in [-0.39, 0.29) is 17.1 Å². The second-order valence-electron chi connectivity index (χ2n) is 6.11. The number of allylic oxidation sites excluding steroid dienone is 1. The first kappa shape index (κ1) is 22.6. The van der Waals surface area contributed by atoms with Crippen LogP contribution in [0.15, 0.2) is 48.5 Å². The molecule has 30 heavy (non-hydrogen) atoms. The molecule has 158 valence electrons. The molecule has 0 aliphatic carbocycles. The molecule has 0 aromatic heterocycles. The molecule has 0 heterocycles. The minimum Gasteiger partial charge on any atom is -0.492 e. The van der Waals surface area contributed by atoms with Crippen molar-refractivity contribution >= 4 is 23.8 Å². The van der Waals surface area contributed by atoms with Gasteiger partial charge >= 0.3 is 11.9 Å². The summed E-state index contributed by atoms with van der Waals surface area (Å²) in [6.45, 7) is 0.577. The van der Waals surface area contributed by atoms with Crippen LogP contribution in [0.4, 0.5) is 0 Å². The highest BCUT2D eigenvalue weighted by atomic mass is 16.5. The van der Waals surface area contributed by atoms with E-state index in [4.69, 9.17) is 19.3 Å². The van der Waals surface area contributed by atoms with Crippen molar-refractivity contribution in [3.05, 3.63) is 65.2 Å². The fraction of sp³-hybridized carbons (Fsp3) is 0.227. The van der Waals surface area contributed by atoms with Crippen LogP contribution in [0.25, 0.3) is 6.08 Å². The zero-order chi connectivity index (χ0) is 21.9. The van der Waals surface area contributed by atoms with Gasteiger partial charge in [-0.05, 0) is 43.0 Å². The number of benzene rings is 2. The summed E-state index contributed by atoms with van der Waals surface area (Å²) in [6.07, 6.45) is 2.92. The average Bonchev–Trinajstić information content (AvgIpc) is 2.76. The van der Waals surface area contributed by atoms with E-state index in [2.05, 4.69) is 5.32 Å². The maximum Gasteiger partial charge on any atom is 0.341 e. The highest BCUT2D eigenvalue weighted by Gasteiger charge is 2.15. The van der Waals surface area contributed by atoms with Gasteiger partial charge in [0, 0.05) is 12.1 Å². The van der Waals surface area contributed by atoms with Crippen LogP contribution in [0, 0.1) is 0 Å². The SMILES string of the molecule is CNCCOc1cccc(C(=O)/C=C/c2ccc(OCC(=O)O)c(C(=O)OC)c2)c1. The smallest absolute Gasteiger partial charge is 0.341 e. The number of carbonyl (C=O) groups excluding carboxylic acids is 2. The summed E-state index contributed by atoms with van der Waals surface area (Å²) < 4.78 is 15.4. The van der Waals surface area contributed by atoms with Gasteiger partial charge in [-0.15, -0.1) is 0 Å². The van der Waals surface area contributed by atoms with Crippen LogP contribution in [0.1, 0.15) is 26.3 Å². The quantitative estimate of drug-likeness (QED) is 0.250. The highest BCUT2D eigenvalue weighted by molar-refractivity contribution is 6.07. The molecule has 8 nitrogen and oxygen atoms in total. The van der Waals surface area contributed by atoms with E-state index >= 15 is 0 Å². The number of methoxy groups -OCH3 is 1.